The van der Waals surface area contributed by atoms with Crippen molar-refractivity contribution in [2.75, 3.05) is 64.0 Å². The molecule has 1 aromatic heterocycles. The lowest BCUT2D eigenvalue weighted by atomic mass is 9.86. The SMILES string of the molecule is O=C(CC[C@H]1CN(Cc2ccncc2)CC[C@H]1N1CCOCC1)N1CCSCC1. The molecular weight excluding hydrogens is 384 g/mol. The van der Waals surface area contributed by atoms with Gasteiger partial charge < -0.3 is 9.64 Å². The zero-order valence-corrected chi connectivity index (χ0v) is 18.2. The van der Waals surface area contributed by atoms with E-state index in [1.807, 2.05) is 24.2 Å². The number of thioether (sulfide) groups is 1. The fraction of sp³-hybridized carbons (Fsp3) is 0.727. The molecule has 6 nitrogen and oxygen atoms in total. The van der Waals surface area contributed by atoms with Gasteiger partial charge in [-0.25, -0.2) is 0 Å². The lowest BCUT2D eigenvalue weighted by Crippen LogP contribution is -2.54. The summed E-state index contributed by atoms with van der Waals surface area (Å²) in [4.78, 5) is 24.2. The van der Waals surface area contributed by atoms with E-state index in [4.69, 9.17) is 4.74 Å². The number of likely N-dealkylation sites (tertiary alicyclic amines) is 1. The maximum absolute atomic E-state index is 12.8. The minimum atomic E-state index is 0.359. The summed E-state index contributed by atoms with van der Waals surface area (Å²) < 4.78 is 5.58. The number of carbonyl (C=O) groups is 1. The summed E-state index contributed by atoms with van der Waals surface area (Å²) in [6, 6.07) is 4.80. The van der Waals surface area contributed by atoms with Gasteiger partial charge in [0.2, 0.25) is 5.91 Å². The number of amides is 1. The Morgan fingerprint density at radius 2 is 1.86 bits per heavy atom. The van der Waals surface area contributed by atoms with Gasteiger partial charge in [0.05, 0.1) is 13.2 Å². The van der Waals surface area contributed by atoms with Gasteiger partial charge in [-0.2, -0.15) is 11.8 Å². The molecule has 2 atom stereocenters. The van der Waals surface area contributed by atoms with Gasteiger partial charge >= 0.3 is 0 Å². The van der Waals surface area contributed by atoms with Crippen LogP contribution >= 0.6 is 11.8 Å². The monoisotopic (exact) mass is 418 g/mol. The minimum absolute atomic E-state index is 0.359. The highest BCUT2D eigenvalue weighted by atomic mass is 32.2. The summed E-state index contributed by atoms with van der Waals surface area (Å²) in [6.07, 6.45) is 6.63. The van der Waals surface area contributed by atoms with Crippen LogP contribution < -0.4 is 0 Å². The maximum Gasteiger partial charge on any atom is 0.222 e. The molecule has 3 aliphatic heterocycles. The number of piperidine rings is 1. The normalized spacial score (nSPS) is 27.1. The van der Waals surface area contributed by atoms with Crippen LogP contribution in [0.25, 0.3) is 0 Å². The van der Waals surface area contributed by atoms with Crippen LogP contribution in [0.1, 0.15) is 24.8 Å². The first-order chi connectivity index (χ1) is 14.3. The molecule has 1 amide bonds. The zero-order chi connectivity index (χ0) is 19.9. The predicted molar refractivity (Wildman–Crippen MR) is 117 cm³/mol. The minimum Gasteiger partial charge on any atom is -0.379 e. The average molecular weight is 419 g/mol. The van der Waals surface area contributed by atoms with Crippen molar-refractivity contribution in [1.82, 2.24) is 19.7 Å². The van der Waals surface area contributed by atoms with Gasteiger partial charge in [-0.15, -0.1) is 0 Å². The number of nitrogens with zero attached hydrogens (tertiary/aromatic N) is 4. The number of hydrogen-bond donors (Lipinski definition) is 0. The Labute approximate surface area is 179 Å². The smallest absolute Gasteiger partial charge is 0.222 e. The molecule has 0 aromatic carbocycles. The van der Waals surface area contributed by atoms with Crippen molar-refractivity contribution in [3.63, 3.8) is 0 Å². The van der Waals surface area contributed by atoms with Gasteiger partial charge in [0.15, 0.2) is 0 Å². The molecule has 0 spiro atoms. The molecule has 0 bridgehead atoms. The van der Waals surface area contributed by atoms with Crippen LogP contribution in [0.2, 0.25) is 0 Å². The Morgan fingerprint density at radius 1 is 1.10 bits per heavy atom. The molecule has 0 saturated carbocycles. The van der Waals surface area contributed by atoms with Crippen LogP contribution in [-0.2, 0) is 16.1 Å². The van der Waals surface area contributed by atoms with Gasteiger partial charge in [-0.05, 0) is 43.0 Å². The lowest BCUT2D eigenvalue weighted by Gasteiger charge is -2.45. The van der Waals surface area contributed by atoms with Crippen molar-refractivity contribution >= 4 is 17.7 Å². The third-order valence-corrected chi connectivity index (χ3v) is 7.48. The fourth-order valence-corrected chi connectivity index (χ4v) is 5.84. The van der Waals surface area contributed by atoms with Crippen LogP contribution in [0, 0.1) is 5.92 Å². The van der Waals surface area contributed by atoms with Gasteiger partial charge in [0.1, 0.15) is 0 Å². The van der Waals surface area contributed by atoms with Crippen molar-refractivity contribution < 1.29 is 9.53 Å². The van der Waals surface area contributed by atoms with Gasteiger partial charge in [0.25, 0.3) is 0 Å². The second-order valence-electron chi connectivity index (χ2n) is 8.39. The highest BCUT2D eigenvalue weighted by Gasteiger charge is 2.34. The topological polar surface area (TPSA) is 48.9 Å². The molecule has 1 aromatic rings. The second kappa shape index (κ2) is 10.8. The summed E-state index contributed by atoms with van der Waals surface area (Å²) in [6.45, 7) is 8.77. The number of rotatable bonds is 6. The van der Waals surface area contributed by atoms with E-state index < -0.39 is 0 Å². The van der Waals surface area contributed by atoms with Crippen molar-refractivity contribution in [3.05, 3.63) is 30.1 Å². The fourth-order valence-electron chi connectivity index (χ4n) is 4.94. The van der Waals surface area contributed by atoms with E-state index in [2.05, 4.69) is 31.8 Å². The highest BCUT2D eigenvalue weighted by molar-refractivity contribution is 7.99. The van der Waals surface area contributed by atoms with E-state index in [0.29, 0.717) is 24.3 Å². The molecule has 4 rings (SSSR count). The zero-order valence-electron chi connectivity index (χ0n) is 17.4. The Balaban J connectivity index is 1.37. The quantitative estimate of drug-likeness (QED) is 0.704. The molecule has 3 saturated heterocycles. The van der Waals surface area contributed by atoms with E-state index in [1.165, 1.54) is 12.0 Å². The first-order valence-corrected chi connectivity index (χ1v) is 12.2. The number of ether oxygens (including phenoxy) is 1. The first kappa shape index (κ1) is 21.1. The number of carbonyl (C=O) groups excluding carboxylic acids is 1. The number of pyridine rings is 1. The van der Waals surface area contributed by atoms with Crippen LogP contribution in [0.15, 0.2) is 24.5 Å². The molecule has 4 heterocycles. The van der Waals surface area contributed by atoms with E-state index in [9.17, 15) is 4.79 Å². The van der Waals surface area contributed by atoms with Crippen LogP contribution in [-0.4, -0.2) is 95.6 Å². The Bertz CT molecular complexity index is 635. The molecule has 160 valence electrons. The summed E-state index contributed by atoms with van der Waals surface area (Å²) in [5.74, 6) is 3.08. The van der Waals surface area contributed by atoms with Crippen LogP contribution in [0.3, 0.4) is 0 Å². The molecule has 3 fully saturated rings. The molecule has 0 N–H and O–H groups in total. The van der Waals surface area contributed by atoms with Crippen molar-refractivity contribution in [2.45, 2.75) is 31.8 Å². The third kappa shape index (κ3) is 5.94. The number of morpholine rings is 1. The van der Waals surface area contributed by atoms with Crippen LogP contribution in [0.5, 0.6) is 0 Å². The number of hydrogen-bond acceptors (Lipinski definition) is 6. The highest BCUT2D eigenvalue weighted by Crippen LogP contribution is 2.28. The molecule has 3 aliphatic rings. The first-order valence-electron chi connectivity index (χ1n) is 11.1. The summed E-state index contributed by atoms with van der Waals surface area (Å²) in [7, 11) is 0. The Morgan fingerprint density at radius 3 is 2.62 bits per heavy atom. The van der Waals surface area contributed by atoms with Crippen molar-refractivity contribution in [2.24, 2.45) is 5.92 Å². The van der Waals surface area contributed by atoms with E-state index in [0.717, 1.165) is 77.0 Å². The van der Waals surface area contributed by atoms with E-state index in [-0.39, 0.29) is 0 Å². The van der Waals surface area contributed by atoms with E-state index in [1.54, 1.807) is 0 Å². The molecular formula is C22H34N4O2S. The predicted octanol–water partition coefficient (Wildman–Crippen LogP) is 1.96. The second-order valence-corrected chi connectivity index (χ2v) is 9.61. The van der Waals surface area contributed by atoms with Gasteiger partial charge in [-0.3, -0.25) is 19.6 Å². The summed E-state index contributed by atoms with van der Waals surface area (Å²) in [5.41, 5.74) is 1.32. The molecule has 0 aliphatic carbocycles. The Hall–Kier alpha value is -1.15. The standard InChI is InChI=1S/C22H34N4O2S/c27-22(26-11-15-29-16-12-26)2-1-20-18-24(17-19-3-6-23-7-4-19)8-5-21(20)25-9-13-28-14-10-25/h3-4,6-7,20-21H,1-2,5,8-18H2/t20-,21+/m0/s1. The summed E-state index contributed by atoms with van der Waals surface area (Å²) in [5, 5.41) is 0. The largest absolute Gasteiger partial charge is 0.379 e. The third-order valence-electron chi connectivity index (χ3n) is 6.54. The van der Waals surface area contributed by atoms with Gasteiger partial charge in [-0.1, -0.05) is 0 Å². The van der Waals surface area contributed by atoms with Gasteiger partial charge in [0, 0.05) is 75.6 Å². The molecule has 7 heteroatoms. The summed E-state index contributed by atoms with van der Waals surface area (Å²) >= 11 is 1.96. The Kier molecular flexibility index (Phi) is 7.82. The number of aromatic nitrogens is 1. The molecule has 0 radical (unpaired) electrons. The van der Waals surface area contributed by atoms with Crippen molar-refractivity contribution in [3.8, 4) is 0 Å². The molecule has 0 unspecified atom stereocenters. The van der Waals surface area contributed by atoms with Crippen LogP contribution in [0.4, 0.5) is 0 Å². The van der Waals surface area contributed by atoms with E-state index >= 15 is 0 Å². The van der Waals surface area contributed by atoms with Crippen molar-refractivity contribution in [1.29, 1.82) is 0 Å². The lowest BCUT2D eigenvalue weighted by molar-refractivity contribution is -0.131. The average Bonchev–Trinajstić information content (AvgIpc) is 2.79. The molecule has 29 heavy (non-hydrogen) atoms. The maximum atomic E-state index is 12.8.